The van der Waals surface area contributed by atoms with E-state index >= 15 is 0 Å². The molecule has 2 aliphatic rings. The number of amides is 2. The second-order valence-electron chi connectivity index (χ2n) is 8.75. The Morgan fingerprint density at radius 1 is 1.03 bits per heavy atom. The van der Waals surface area contributed by atoms with Crippen LogP contribution in [0.3, 0.4) is 0 Å². The number of carbonyl (C=O) groups is 2. The number of halogens is 3. The molecule has 1 atom stereocenters. The zero-order chi connectivity index (χ0) is 24.5. The average Bonchev–Trinajstić information content (AvgIpc) is 3.33. The zero-order valence-corrected chi connectivity index (χ0v) is 18.8. The average molecular weight is 480 g/mol. The summed E-state index contributed by atoms with van der Waals surface area (Å²) >= 11 is 0. The topological polar surface area (TPSA) is 74.3 Å². The highest BCUT2D eigenvalue weighted by Gasteiger charge is 2.32. The highest BCUT2D eigenvalue weighted by Crippen LogP contribution is 2.30. The van der Waals surface area contributed by atoms with Gasteiger partial charge in [-0.2, -0.15) is 0 Å². The maximum absolute atomic E-state index is 13.9. The van der Waals surface area contributed by atoms with E-state index in [1.54, 1.807) is 23.1 Å². The van der Waals surface area contributed by atoms with Crippen LogP contribution in [0.4, 0.5) is 24.7 Å². The van der Waals surface area contributed by atoms with E-state index in [4.69, 9.17) is 0 Å². The number of fused-ring (bicyclic) bond motifs is 1. The van der Waals surface area contributed by atoms with Crippen molar-refractivity contribution in [3.8, 4) is 0 Å². The summed E-state index contributed by atoms with van der Waals surface area (Å²) < 4.78 is 40.8. The van der Waals surface area contributed by atoms with Gasteiger partial charge >= 0.3 is 0 Å². The summed E-state index contributed by atoms with van der Waals surface area (Å²) in [5.74, 6) is -3.94. The predicted octanol–water partition coefficient (Wildman–Crippen LogP) is 3.98. The SMILES string of the molecule is O=C1CCC(N(C(=O)c2cccc3c2CCN3)c2cc(Cc3cc(F)c(F)c(F)c3)ccn2)CN1. The first kappa shape index (κ1) is 22.9. The molecule has 5 rings (SSSR count). The molecule has 3 heterocycles. The predicted molar refractivity (Wildman–Crippen MR) is 125 cm³/mol. The van der Waals surface area contributed by atoms with Crippen molar-refractivity contribution in [3.05, 3.63) is 88.4 Å². The molecule has 0 spiro atoms. The molecular formula is C26H23F3N4O2. The van der Waals surface area contributed by atoms with E-state index in [1.807, 2.05) is 12.1 Å². The van der Waals surface area contributed by atoms with Gasteiger partial charge in [0.15, 0.2) is 17.5 Å². The Balaban J connectivity index is 1.50. The van der Waals surface area contributed by atoms with Crippen LogP contribution in [0.2, 0.25) is 0 Å². The minimum absolute atomic E-state index is 0.0690. The first-order valence-electron chi connectivity index (χ1n) is 11.4. The van der Waals surface area contributed by atoms with Crippen LogP contribution < -0.4 is 15.5 Å². The van der Waals surface area contributed by atoms with E-state index < -0.39 is 17.5 Å². The summed E-state index contributed by atoms with van der Waals surface area (Å²) in [6, 6.07) is 10.5. The second-order valence-corrected chi connectivity index (χ2v) is 8.75. The maximum atomic E-state index is 13.9. The van der Waals surface area contributed by atoms with Gasteiger partial charge < -0.3 is 10.6 Å². The van der Waals surface area contributed by atoms with Crippen LogP contribution in [-0.2, 0) is 17.6 Å². The van der Waals surface area contributed by atoms with Crippen LogP contribution >= 0.6 is 0 Å². The Bertz CT molecular complexity index is 1280. The number of rotatable bonds is 5. The molecular weight excluding hydrogens is 457 g/mol. The molecule has 0 radical (unpaired) electrons. The third-order valence-electron chi connectivity index (χ3n) is 6.43. The summed E-state index contributed by atoms with van der Waals surface area (Å²) in [5.41, 5.74) is 3.34. The van der Waals surface area contributed by atoms with Gasteiger partial charge in [-0.05, 0) is 72.4 Å². The van der Waals surface area contributed by atoms with E-state index in [9.17, 15) is 22.8 Å². The van der Waals surface area contributed by atoms with E-state index in [0.717, 1.165) is 36.3 Å². The first-order chi connectivity index (χ1) is 16.9. The van der Waals surface area contributed by atoms with Crippen molar-refractivity contribution in [1.29, 1.82) is 0 Å². The van der Waals surface area contributed by atoms with Crippen LogP contribution in [-0.4, -0.2) is 35.9 Å². The quantitative estimate of drug-likeness (QED) is 0.542. The van der Waals surface area contributed by atoms with E-state index in [0.29, 0.717) is 23.4 Å². The standard InChI is InChI=1S/C26H23F3N4O2/c27-20-11-16(12-21(28)25(20)29)10-15-6-8-31-23(13-15)33(17-4-5-24(34)32-14-17)26(35)19-2-1-3-22-18(19)7-9-30-22/h1-3,6,8,11-13,17,30H,4-5,7,9-10,14H2,(H,32,34). The lowest BCUT2D eigenvalue weighted by atomic mass is 9.99. The molecule has 1 fully saturated rings. The molecule has 35 heavy (non-hydrogen) atoms. The lowest BCUT2D eigenvalue weighted by molar-refractivity contribution is -0.122. The molecule has 1 aromatic heterocycles. The van der Waals surface area contributed by atoms with Crippen molar-refractivity contribution in [3.63, 3.8) is 0 Å². The number of anilines is 2. The summed E-state index contributed by atoms with van der Waals surface area (Å²) in [5, 5.41) is 6.10. The summed E-state index contributed by atoms with van der Waals surface area (Å²) in [7, 11) is 0. The smallest absolute Gasteiger partial charge is 0.260 e. The zero-order valence-electron chi connectivity index (χ0n) is 18.8. The van der Waals surface area contributed by atoms with Crippen molar-refractivity contribution in [2.45, 2.75) is 31.7 Å². The summed E-state index contributed by atoms with van der Waals surface area (Å²) in [4.78, 5) is 31.7. The van der Waals surface area contributed by atoms with Crippen molar-refractivity contribution < 1.29 is 22.8 Å². The molecule has 6 nitrogen and oxygen atoms in total. The molecule has 2 aliphatic heterocycles. The highest BCUT2D eigenvalue weighted by molar-refractivity contribution is 6.08. The molecule has 0 bridgehead atoms. The van der Waals surface area contributed by atoms with Gasteiger partial charge in [-0.3, -0.25) is 14.5 Å². The Kier molecular flexibility index (Phi) is 6.15. The Hall–Kier alpha value is -3.88. The van der Waals surface area contributed by atoms with Crippen LogP contribution in [0.15, 0.2) is 48.7 Å². The van der Waals surface area contributed by atoms with Crippen LogP contribution in [0.1, 0.15) is 39.9 Å². The third kappa shape index (κ3) is 4.58. The number of carbonyl (C=O) groups excluding carboxylic acids is 2. The number of piperidine rings is 1. The van der Waals surface area contributed by atoms with E-state index in [-0.39, 0.29) is 42.8 Å². The third-order valence-corrected chi connectivity index (χ3v) is 6.43. The number of hydrogen-bond acceptors (Lipinski definition) is 4. The largest absolute Gasteiger partial charge is 0.384 e. The van der Waals surface area contributed by atoms with Gasteiger partial charge in [-0.15, -0.1) is 0 Å². The molecule has 2 N–H and O–H groups in total. The van der Waals surface area contributed by atoms with Gasteiger partial charge in [0.05, 0.1) is 6.04 Å². The van der Waals surface area contributed by atoms with Gasteiger partial charge in [0, 0.05) is 37.0 Å². The van der Waals surface area contributed by atoms with Crippen LogP contribution in [0.5, 0.6) is 0 Å². The molecule has 1 unspecified atom stereocenters. The fourth-order valence-electron chi connectivity index (χ4n) is 4.72. The fourth-order valence-corrected chi connectivity index (χ4v) is 4.72. The monoisotopic (exact) mass is 480 g/mol. The van der Waals surface area contributed by atoms with Gasteiger partial charge in [0.2, 0.25) is 5.91 Å². The number of nitrogens with one attached hydrogen (secondary N) is 2. The maximum Gasteiger partial charge on any atom is 0.260 e. The van der Waals surface area contributed by atoms with Crippen LogP contribution in [0.25, 0.3) is 0 Å². The van der Waals surface area contributed by atoms with Crippen molar-refractivity contribution in [2.75, 3.05) is 23.3 Å². The molecule has 0 aliphatic carbocycles. The first-order valence-corrected chi connectivity index (χ1v) is 11.4. The molecule has 3 aromatic rings. The number of nitrogens with zero attached hydrogens (tertiary/aromatic N) is 2. The number of hydrogen-bond donors (Lipinski definition) is 2. The minimum atomic E-state index is -1.51. The Labute approximate surface area is 200 Å². The van der Waals surface area contributed by atoms with Crippen molar-refractivity contribution in [2.24, 2.45) is 0 Å². The van der Waals surface area contributed by atoms with Crippen molar-refractivity contribution >= 4 is 23.3 Å². The fraction of sp³-hybridized carbons (Fsp3) is 0.269. The van der Waals surface area contributed by atoms with Gasteiger partial charge in [-0.1, -0.05) is 6.07 Å². The number of pyridine rings is 1. The van der Waals surface area contributed by atoms with E-state index in [2.05, 4.69) is 15.6 Å². The van der Waals surface area contributed by atoms with Gasteiger partial charge in [0.1, 0.15) is 5.82 Å². The summed E-state index contributed by atoms with van der Waals surface area (Å²) in [6.45, 7) is 1.04. The van der Waals surface area contributed by atoms with E-state index in [1.165, 1.54) is 6.20 Å². The molecule has 180 valence electrons. The number of benzene rings is 2. The molecule has 1 saturated heterocycles. The van der Waals surface area contributed by atoms with Gasteiger partial charge in [0.25, 0.3) is 5.91 Å². The van der Waals surface area contributed by atoms with Crippen LogP contribution in [0, 0.1) is 17.5 Å². The summed E-state index contributed by atoms with van der Waals surface area (Å²) in [6.07, 6.45) is 3.14. The molecule has 2 amide bonds. The molecule has 2 aromatic carbocycles. The Morgan fingerprint density at radius 2 is 1.83 bits per heavy atom. The lowest BCUT2D eigenvalue weighted by Gasteiger charge is -2.34. The van der Waals surface area contributed by atoms with Crippen molar-refractivity contribution in [1.82, 2.24) is 10.3 Å². The minimum Gasteiger partial charge on any atom is -0.384 e. The number of aromatic nitrogens is 1. The lowest BCUT2D eigenvalue weighted by Crippen LogP contribution is -2.51. The molecule has 0 saturated carbocycles. The highest BCUT2D eigenvalue weighted by atomic mass is 19.2. The molecule has 9 heteroatoms. The van der Waals surface area contributed by atoms with Gasteiger partial charge in [-0.25, -0.2) is 18.2 Å². The Morgan fingerprint density at radius 3 is 2.57 bits per heavy atom. The normalized spacial score (nSPS) is 16.9. The second kappa shape index (κ2) is 9.40.